The molecule has 2 aromatic carbocycles. The highest BCUT2D eigenvalue weighted by atomic mass is 16.3. The summed E-state index contributed by atoms with van der Waals surface area (Å²) in [5.74, 6) is 0.637. The number of carbonyl (C=O) groups is 1. The fraction of sp³-hybridized carbons (Fsp3) is 0.105. The first-order valence-electron chi connectivity index (χ1n) is 7.24. The van der Waals surface area contributed by atoms with Crippen molar-refractivity contribution in [1.29, 1.82) is 0 Å². The molecule has 0 aliphatic rings. The predicted octanol–water partition coefficient (Wildman–Crippen LogP) is 4.44. The molecule has 0 unspecified atom stereocenters. The Balaban J connectivity index is 1.71. The van der Waals surface area contributed by atoms with Gasteiger partial charge in [0.2, 0.25) is 0 Å². The van der Waals surface area contributed by atoms with E-state index in [0.29, 0.717) is 5.56 Å². The van der Waals surface area contributed by atoms with Gasteiger partial charge < -0.3 is 9.73 Å². The minimum Gasteiger partial charge on any atom is -0.467 e. The first kappa shape index (κ1) is 14.1. The molecule has 3 heteroatoms. The van der Waals surface area contributed by atoms with E-state index >= 15 is 0 Å². The van der Waals surface area contributed by atoms with Crippen LogP contribution in [-0.4, -0.2) is 5.91 Å². The molecule has 1 amide bonds. The number of carbonyl (C=O) groups excluding carboxylic acids is 1. The summed E-state index contributed by atoms with van der Waals surface area (Å²) in [6, 6.07) is 21.2. The Kier molecular flexibility index (Phi) is 4.05. The van der Waals surface area contributed by atoms with Crippen LogP contribution in [0.25, 0.3) is 11.1 Å². The molecule has 1 heterocycles. The molecule has 0 saturated carbocycles. The standard InChI is InChI=1S/C19H17NO2/c1-14(18-8-5-13-22-18)20-19(21)17-11-9-16(10-12-17)15-6-3-2-4-7-15/h2-14H,1H3,(H,20,21)/t14-/m0/s1. The van der Waals surface area contributed by atoms with Gasteiger partial charge in [-0.2, -0.15) is 0 Å². The van der Waals surface area contributed by atoms with Gasteiger partial charge in [0.1, 0.15) is 5.76 Å². The van der Waals surface area contributed by atoms with Crippen molar-refractivity contribution in [2.75, 3.05) is 0 Å². The summed E-state index contributed by atoms with van der Waals surface area (Å²) in [5, 5.41) is 2.93. The van der Waals surface area contributed by atoms with Crippen molar-refractivity contribution >= 4 is 5.91 Å². The van der Waals surface area contributed by atoms with E-state index in [4.69, 9.17) is 4.42 Å². The molecule has 22 heavy (non-hydrogen) atoms. The van der Waals surface area contributed by atoms with Crippen molar-refractivity contribution in [3.05, 3.63) is 84.3 Å². The van der Waals surface area contributed by atoms with Crippen LogP contribution in [0.2, 0.25) is 0 Å². The summed E-state index contributed by atoms with van der Waals surface area (Å²) in [5.41, 5.74) is 2.87. The highest BCUT2D eigenvalue weighted by molar-refractivity contribution is 5.94. The third-order valence-electron chi connectivity index (χ3n) is 3.57. The Labute approximate surface area is 129 Å². The molecule has 0 saturated heterocycles. The van der Waals surface area contributed by atoms with Gasteiger partial charge in [0, 0.05) is 5.56 Å². The lowest BCUT2D eigenvalue weighted by molar-refractivity contribution is 0.0935. The normalized spacial score (nSPS) is 11.9. The highest BCUT2D eigenvalue weighted by Gasteiger charge is 2.13. The molecule has 1 atom stereocenters. The smallest absolute Gasteiger partial charge is 0.251 e. The predicted molar refractivity (Wildman–Crippen MR) is 86.5 cm³/mol. The zero-order valence-corrected chi connectivity index (χ0v) is 12.3. The molecule has 1 N–H and O–H groups in total. The molecule has 3 aromatic rings. The lowest BCUT2D eigenvalue weighted by Gasteiger charge is -2.11. The van der Waals surface area contributed by atoms with Gasteiger partial charge in [0.05, 0.1) is 12.3 Å². The second-order valence-electron chi connectivity index (χ2n) is 5.15. The van der Waals surface area contributed by atoms with Crippen LogP contribution in [0, 0.1) is 0 Å². The molecular formula is C19H17NO2. The maximum atomic E-state index is 12.2. The molecule has 0 fully saturated rings. The highest BCUT2D eigenvalue weighted by Crippen LogP contribution is 2.20. The van der Waals surface area contributed by atoms with E-state index in [1.54, 1.807) is 6.26 Å². The van der Waals surface area contributed by atoms with E-state index in [2.05, 4.69) is 5.32 Å². The number of furan rings is 1. The third-order valence-corrected chi connectivity index (χ3v) is 3.57. The maximum absolute atomic E-state index is 12.2. The summed E-state index contributed by atoms with van der Waals surface area (Å²) >= 11 is 0. The van der Waals surface area contributed by atoms with Gasteiger partial charge in [0.25, 0.3) is 5.91 Å². The molecule has 0 radical (unpaired) electrons. The zero-order chi connectivity index (χ0) is 15.4. The van der Waals surface area contributed by atoms with Crippen LogP contribution in [0.4, 0.5) is 0 Å². The molecule has 0 aliphatic carbocycles. The fourth-order valence-corrected chi connectivity index (χ4v) is 2.33. The average molecular weight is 291 g/mol. The van der Waals surface area contributed by atoms with Gasteiger partial charge >= 0.3 is 0 Å². The summed E-state index contributed by atoms with van der Waals surface area (Å²) in [4.78, 5) is 12.2. The molecule has 0 bridgehead atoms. The summed E-state index contributed by atoms with van der Waals surface area (Å²) in [6.07, 6.45) is 1.60. The van der Waals surface area contributed by atoms with Crippen molar-refractivity contribution in [1.82, 2.24) is 5.32 Å². The van der Waals surface area contributed by atoms with E-state index in [9.17, 15) is 4.79 Å². The Morgan fingerprint density at radius 1 is 0.909 bits per heavy atom. The van der Waals surface area contributed by atoms with Crippen molar-refractivity contribution in [3.8, 4) is 11.1 Å². The van der Waals surface area contributed by atoms with Gasteiger partial charge in [0.15, 0.2) is 0 Å². The average Bonchev–Trinajstić information content (AvgIpc) is 3.10. The van der Waals surface area contributed by atoms with Crippen LogP contribution in [-0.2, 0) is 0 Å². The molecule has 3 rings (SSSR count). The summed E-state index contributed by atoms with van der Waals surface area (Å²) in [6.45, 7) is 1.90. The van der Waals surface area contributed by atoms with Gasteiger partial charge in [-0.05, 0) is 42.3 Å². The van der Waals surface area contributed by atoms with Crippen LogP contribution < -0.4 is 5.32 Å². The minimum atomic E-state index is -0.156. The van der Waals surface area contributed by atoms with E-state index in [0.717, 1.165) is 16.9 Å². The SMILES string of the molecule is C[C@H](NC(=O)c1ccc(-c2ccccc2)cc1)c1ccco1. The van der Waals surface area contributed by atoms with Gasteiger partial charge in [-0.1, -0.05) is 42.5 Å². The first-order chi connectivity index (χ1) is 10.7. The number of benzene rings is 2. The summed E-state index contributed by atoms with van der Waals surface area (Å²) < 4.78 is 5.29. The second kappa shape index (κ2) is 6.31. The van der Waals surface area contributed by atoms with E-state index in [1.165, 1.54) is 0 Å². The number of hydrogen-bond donors (Lipinski definition) is 1. The molecule has 0 aliphatic heterocycles. The monoisotopic (exact) mass is 291 g/mol. The topological polar surface area (TPSA) is 42.2 Å². The van der Waals surface area contributed by atoms with Gasteiger partial charge in [-0.3, -0.25) is 4.79 Å². The van der Waals surface area contributed by atoms with E-state index in [-0.39, 0.29) is 11.9 Å². The van der Waals surface area contributed by atoms with Crippen LogP contribution in [0.15, 0.2) is 77.4 Å². The Bertz CT molecular complexity index is 731. The first-order valence-corrected chi connectivity index (χ1v) is 7.24. The van der Waals surface area contributed by atoms with Crippen LogP contribution in [0.1, 0.15) is 29.1 Å². The molecule has 0 spiro atoms. The minimum absolute atomic E-state index is 0.108. The number of amides is 1. The van der Waals surface area contributed by atoms with Crippen LogP contribution in [0.5, 0.6) is 0 Å². The Morgan fingerprint density at radius 2 is 1.59 bits per heavy atom. The van der Waals surface area contributed by atoms with Crippen LogP contribution in [0.3, 0.4) is 0 Å². The second-order valence-corrected chi connectivity index (χ2v) is 5.15. The fourth-order valence-electron chi connectivity index (χ4n) is 2.33. The largest absolute Gasteiger partial charge is 0.467 e. The Morgan fingerprint density at radius 3 is 2.23 bits per heavy atom. The number of nitrogens with one attached hydrogen (secondary N) is 1. The lowest BCUT2D eigenvalue weighted by atomic mass is 10.0. The van der Waals surface area contributed by atoms with E-state index < -0.39 is 0 Å². The van der Waals surface area contributed by atoms with Crippen molar-refractivity contribution < 1.29 is 9.21 Å². The molecular weight excluding hydrogens is 274 g/mol. The number of rotatable bonds is 4. The van der Waals surface area contributed by atoms with Crippen molar-refractivity contribution in [2.45, 2.75) is 13.0 Å². The van der Waals surface area contributed by atoms with Gasteiger partial charge in [-0.15, -0.1) is 0 Å². The van der Waals surface area contributed by atoms with Crippen molar-refractivity contribution in [3.63, 3.8) is 0 Å². The number of hydrogen-bond acceptors (Lipinski definition) is 2. The quantitative estimate of drug-likeness (QED) is 0.772. The summed E-state index contributed by atoms with van der Waals surface area (Å²) in [7, 11) is 0. The van der Waals surface area contributed by atoms with E-state index in [1.807, 2.05) is 73.7 Å². The van der Waals surface area contributed by atoms with Crippen LogP contribution >= 0.6 is 0 Å². The molecule has 3 nitrogen and oxygen atoms in total. The molecule has 110 valence electrons. The zero-order valence-electron chi connectivity index (χ0n) is 12.3. The van der Waals surface area contributed by atoms with Gasteiger partial charge in [-0.25, -0.2) is 0 Å². The maximum Gasteiger partial charge on any atom is 0.251 e. The van der Waals surface area contributed by atoms with Crippen molar-refractivity contribution in [2.24, 2.45) is 0 Å². The Hall–Kier alpha value is -2.81. The molecule has 1 aromatic heterocycles. The lowest BCUT2D eigenvalue weighted by Crippen LogP contribution is -2.26. The third kappa shape index (κ3) is 3.09.